The number of fused-ring (bicyclic) bond motifs is 1. The van der Waals surface area contributed by atoms with Crippen molar-refractivity contribution in [2.24, 2.45) is 4.99 Å². The van der Waals surface area contributed by atoms with Crippen LogP contribution in [0, 0.1) is 0 Å². The number of esters is 1. The Morgan fingerprint density at radius 3 is 2.17 bits per heavy atom. The molecule has 0 N–H and O–H groups in total. The van der Waals surface area contributed by atoms with Crippen molar-refractivity contribution in [3.8, 4) is 23.0 Å². The van der Waals surface area contributed by atoms with E-state index < -0.39 is 12.0 Å². The van der Waals surface area contributed by atoms with Crippen LogP contribution in [0.1, 0.15) is 31.0 Å². The molecule has 6 rings (SSSR count). The smallest absolute Gasteiger partial charge is 0.343 e. The van der Waals surface area contributed by atoms with Gasteiger partial charge in [0, 0.05) is 0 Å². The zero-order valence-corrected chi connectivity index (χ0v) is 26.2. The molecular weight excluding hydrogens is 600 g/mol. The fourth-order valence-electron chi connectivity index (χ4n) is 5.17. The molecule has 1 atom stereocenters. The lowest BCUT2D eigenvalue weighted by Crippen LogP contribution is -2.40. The normalized spacial score (nSPS) is 14.3. The summed E-state index contributed by atoms with van der Waals surface area (Å²) in [6.07, 6.45) is 1.80. The van der Waals surface area contributed by atoms with E-state index in [0.29, 0.717) is 57.7 Å². The fraction of sp³-hybridized carbons (Fsp3) is 0.162. The number of carbonyl (C=O) groups is 1. The first-order valence-corrected chi connectivity index (χ1v) is 15.8. The summed E-state index contributed by atoms with van der Waals surface area (Å²) < 4.78 is 25.4. The standard InChI is InChI=1S/C37H32N2O6S/c1-3-42-31-23-26(19-20-30(31)44-22-21-43-28-15-9-5-10-16-28)24-32-35(40)39-34(27-13-7-4-8-14-27)33(25(2)38-37(39)46-32)36(41)45-29-17-11-6-12-18-29/h4-20,23-24,34H,3,21-22H2,1-2H3/b32-24+/t34-/m1/s1. The molecule has 4 aromatic carbocycles. The lowest BCUT2D eigenvalue weighted by molar-refractivity contribution is -0.130. The molecule has 0 fully saturated rings. The Balaban J connectivity index is 1.31. The van der Waals surface area contributed by atoms with E-state index in [9.17, 15) is 9.59 Å². The van der Waals surface area contributed by atoms with E-state index in [0.717, 1.165) is 16.9 Å². The molecule has 0 radical (unpaired) electrons. The topological polar surface area (TPSA) is 88.4 Å². The van der Waals surface area contributed by atoms with Gasteiger partial charge >= 0.3 is 5.97 Å². The van der Waals surface area contributed by atoms with Crippen LogP contribution in [0.3, 0.4) is 0 Å². The highest BCUT2D eigenvalue weighted by molar-refractivity contribution is 7.07. The number of para-hydroxylation sites is 2. The van der Waals surface area contributed by atoms with Crippen LogP contribution in [0.2, 0.25) is 0 Å². The minimum Gasteiger partial charge on any atom is -0.490 e. The third kappa shape index (κ3) is 6.79. The molecule has 1 aliphatic heterocycles. The first kappa shape index (κ1) is 30.6. The largest absolute Gasteiger partial charge is 0.490 e. The van der Waals surface area contributed by atoms with E-state index in [-0.39, 0.29) is 5.56 Å². The van der Waals surface area contributed by atoms with Gasteiger partial charge in [-0.15, -0.1) is 0 Å². The number of allylic oxidation sites excluding steroid dienone is 1. The zero-order valence-electron chi connectivity index (χ0n) is 25.4. The van der Waals surface area contributed by atoms with Crippen molar-refractivity contribution in [3.63, 3.8) is 0 Å². The second-order valence-electron chi connectivity index (χ2n) is 10.3. The van der Waals surface area contributed by atoms with Crippen molar-refractivity contribution in [1.29, 1.82) is 0 Å². The number of carbonyl (C=O) groups excluding carboxylic acids is 1. The van der Waals surface area contributed by atoms with Gasteiger partial charge in [0.1, 0.15) is 24.7 Å². The quantitative estimate of drug-likeness (QED) is 0.106. The van der Waals surface area contributed by atoms with Gasteiger partial charge in [-0.3, -0.25) is 9.36 Å². The second-order valence-corrected chi connectivity index (χ2v) is 11.4. The Morgan fingerprint density at radius 2 is 1.48 bits per heavy atom. The van der Waals surface area contributed by atoms with Gasteiger partial charge in [-0.05, 0) is 67.4 Å². The van der Waals surface area contributed by atoms with Crippen LogP contribution in [0.15, 0.2) is 130 Å². The Morgan fingerprint density at radius 1 is 0.826 bits per heavy atom. The molecule has 8 nitrogen and oxygen atoms in total. The van der Waals surface area contributed by atoms with Gasteiger partial charge in [-0.2, -0.15) is 0 Å². The summed E-state index contributed by atoms with van der Waals surface area (Å²) in [4.78, 5) is 32.8. The number of rotatable bonds is 11. The molecule has 0 saturated carbocycles. The second kappa shape index (κ2) is 14.1. The number of aromatic nitrogens is 1. The van der Waals surface area contributed by atoms with Crippen LogP contribution in [-0.2, 0) is 4.79 Å². The Labute approximate surface area is 270 Å². The number of hydrogen-bond donors (Lipinski definition) is 0. The maximum absolute atomic E-state index is 14.0. The average Bonchev–Trinajstić information content (AvgIpc) is 3.38. The SMILES string of the molecule is CCOc1cc(/C=c2/sc3n(c2=O)[C@H](c2ccccc2)C(C(=O)Oc2ccccc2)=C(C)N=3)ccc1OCCOc1ccccc1. The van der Waals surface area contributed by atoms with Crippen LogP contribution in [-0.4, -0.2) is 30.4 Å². The molecule has 2 heterocycles. The van der Waals surface area contributed by atoms with Crippen LogP contribution < -0.4 is 33.8 Å². The van der Waals surface area contributed by atoms with Crippen LogP contribution in [0.5, 0.6) is 23.0 Å². The summed E-state index contributed by atoms with van der Waals surface area (Å²) in [7, 11) is 0. The van der Waals surface area contributed by atoms with Crippen molar-refractivity contribution in [1.82, 2.24) is 4.57 Å². The predicted octanol–water partition coefficient (Wildman–Crippen LogP) is 5.70. The molecule has 0 amide bonds. The monoisotopic (exact) mass is 632 g/mol. The number of nitrogens with zero attached hydrogens (tertiary/aromatic N) is 2. The minimum atomic E-state index is -0.705. The van der Waals surface area contributed by atoms with E-state index in [1.54, 1.807) is 41.8 Å². The Bertz CT molecular complexity index is 2040. The van der Waals surface area contributed by atoms with Crippen LogP contribution >= 0.6 is 11.3 Å². The molecule has 1 aromatic heterocycles. The van der Waals surface area contributed by atoms with Gasteiger partial charge in [0.25, 0.3) is 5.56 Å². The highest BCUT2D eigenvalue weighted by atomic mass is 32.1. The van der Waals surface area contributed by atoms with E-state index >= 15 is 0 Å². The van der Waals surface area contributed by atoms with E-state index in [4.69, 9.17) is 23.9 Å². The lowest BCUT2D eigenvalue weighted by atomic mass is 9.96. The molecule has 0 unspecified atom stereocenters. The van der Waals surface area contributed by atoms with Gasteiger partial charge in [0.05, 0.1) is 28.5 Å². The molecule has 46 heavy (non-hydrogen) atoms. The summed E-state index contributed by atoms with van der Waals surface area (Å²) in [5.41, 5.74) is 2.09. The molecular formula is C37H32N2O6S. The third-order valence-electron chi connectivity index (χ3n) is 7.23. The van der Waals surface area contributed by atoms with Gasteiger partial charge in [0.15, 0.2) is 16.3 Å². The number of ether oxygens (including phenoxy) is 4. The summed E-state index contributed by atoms with van der Waals surface area (Å²) in [6, 6.07) is 32.7. The molecule has 0 spiro atoms. The maximum Gasteiger partial charge on any atom is 0.343 e. The number of hydrogen-bond acceptors (Lipinski definition) is 8. The van der Waals surface area contributed by atoms with Gasteiger partial charge < -0.3 is 18.9 Å². The molecule has 1 aliphatic rings. The van der Waals surface area contributed by atoms with Crippen LogP contribution in [0.4, 0.5) is 0 Å². The fourth-order valence-corrected chi connectivity index (χ4v) is 6.21. The third-order valence-corrected chi connectivity index (χ3v) is 8.21. The number of thiazole rings is 1. The van der Waals surface area contributed by atoms with E-state index in [2.05, 4.69) is 0 Å². The zero-order chi connectivity index (χ0) is 31.9. The molecule has 0 saturated heterocycles. The van der Waals surface area contributed by atoms with E-state index in [1.165, 1.54) is 11.3 Å². The van der Waals surface area contributed by atoms with Crippen molar-refractivity contribution in [3.05, 3.63) is 151 Å². The van der Waals surface area contributed by atoms with Gasteiger partial charge in [0.2, 0.25) is 0 Å². The van der Waals surface area contributed by atoms with Crippen molar-refractivity contribution < 1.29 is 23.7 Å². The van der Waals surface area contributed by atoms with E-state index in [1.807, 2.05) is 91.9 Å². The molecule has 0 aliphatic carbocycles. The lowest BCUT2D eigenvalue weighted by Gasteiger charge is -2.24. The number of benzene rings is 4. The predicted molar refractivity (Wildman–Crippen MR) is 177 cm³/mol. The average molecular weight is 633 g/mol. The van der Waals surface area contributed by atoms with Crippen molar-refractivity contribution >= 4 is 23.4 Å². The van der Waals surface area contributed by atoms with Gasteiger partial charge in [-0.1, -0.05) is 84.1 Å². The first-order chi connectivity index (χ1) is 22.5. The summed E-state index contributed by atoms with van der Waals surface area (Å²) in [5, 5.41) is 0. The summed E-state index contributed by atoms with van der Waals surface area (Å²) >= 11 is 1.27. The molecule has 9 heteroatoms. The molecule has 0 bridgehead atoms. The first-order valence-electron chi connectivity index (χ1n) is 14.9. The Hall–Kier alpha value is -5.41. The molecule has 232 valence electrons. The van der Waals surface area contributed by atoms with Gasteiger partial charge in [-0.25, -0.2) is 9.79 Å². The van der Waals surface area contributed by atoms with Crippen molar-refractivity contribution in [2.45, 2.75) is 19.9 Å². The Kier molecular flexibility index (Phi) is 9.40. The molecule has 5 aromatic rings. The summed E-state index contributed by atoms with van der Waals surface area (Å²) in [6.45, 7) is 4.83. The minimum absolute atomic E-state index is 0.258. The van der Waals surface area contributed by atoms with Crippen molar-refractivity contribution in [2.75, 3.05) is 19.8 Å². The highest BCUT2D eigenvalue weighted by Crippen LogP contribution is 2.32. The highest BCUT2D eigenvalue weighted by Gasteiger charge is 2.33. The van der Waals surface area contributed by atoms with Crippen LogP contribution in [0.25, 0.3) is 6.08 Å². The maximum atomic E-state index is 14.0. The summed E-state index contributed by atoms with van der Waals surface area (Å²) in [5.74, 6) is 1.78.